The summed E-state index contributed by atoms with van der Waals surface area (Å²) in [6.07, 6.45) is 0. The number of aromatic nitrogens is 1. The van der Waals surface area contributed by atoms with Crippen LogP contribution in [0.5, 0.6) is 0 Å². The predicted octanol–water partition coefficient (Wildman–Crippen LogP) is 5.19. The van der Waals surface area contributed by atoms with Crippen molar-refractivity contribution in [3.63, 3.8) is 0 Å². The van der Waals surface area contributed by atoms with Gasteiger partial charge in [-0.3, -0.25) is 0 Å². The van der Waals surface area contributed by atoms with E-state index in [0.29, 0.717) is 0 Å². The molecule has 1 nitrogen and oxygen atoms in total. The molecule has 84 valence electrons. The highest BCUT2D eigenvalue weighted by atomic mass is 35.5. The van der Waals surface area contributed by atoms with E-state index in [1.807, 2.05) is 24.3 Å². The van der Waals surface area contributed by atoms with Crippen LogP contribution < -0.4 is 0 Å². The first-order chi connectivity index (χ1) is 8.33. The van der Waals surface area contributed by atoms with Gasteiger partial charge in [0.15, 0.2) is 0 Å². The molecule has 0 unspecified atom stereocenters. The Kier molecular flexibility index (Phi) is 2.97. The van der Waals surface area contributed by atoms with Crippen LogP contribution in [0.15, 0.2) is 46.5 Å². The molecule has 0 saturated carbocycles. The molecule has 0 aliphatic heterocycles. The van der Waals surface area contributed by atoms with Gasteiger partial charge in [0.2, 0.25) is 0 Å². The molecule has 0 saturated heterocycles. The lowest BCUT2D eigenvalue weighted by atomic mass is 10.2. The first-order valence-electron chi connectivity index (χ1n) is 5.07. The van der Waals surface area contributed by atoms with Crippen molar-refractivity contribution in [2.75, 3.05) is 0 Å². The number of hydrogen-bond donors (Lipinski definition) is 0. The van der Waals surface area contributed by atoms with Crippen LogP contribution in [-0.2, 0) is 0 Å². The van der Waals surface area contributed by atoms with Gasteiger partial charge in [0.1, 0.15) is 5.01 Å². The molecule has 2 aromatic heterocycles. The Morgan fingerprint density at radius 2 is 1.76 bits per heavy atom. The summed E-state index contributed by atoms with van der Waals surface area (Å²) in [6, 6.07) is 9.86. The molecule has 0 N–H and O–H groups in total. The summed E-state index contributed by atoms with van der Waals surface area (Å²) in [5.41, 5.74) is 3.31. The highest BCUT2D eigenvalue weighted by molar-refractivity contribution is 7.14. The number of thiophene rings is 1. The van der Waals surface area contributed by atoms with Crippen LogP contribution in [0, 0.1) is 0 Å². The lowest BCUT2D eigenvalue weighted by molar-refractivity contribution is 1.41. The summed E-state index contributed by atoms with van der Waals surface area (Å²) < 4.78 is 0. The second-order valence-corrected chi connectivity index (χ2v) is 5.63. The molecule has 1 aromatic carbocycles. The fourth-order valence-corrected chi connectivity index (χ4v) is 3.21. The lowest BCUT2D eigenvalue weighted by Crippen LogP contribution is -1.77. The quantitative estimate of drug-likeness (QED) is 0.628. The maximum atomic E-state index is 5.87. The fraction of sp³-hybridized carbons (Fsp3) is 0. The van der Waals surface area contributed by atoms with Crippen LogP contribution in [0.4, 0.5) is 0 Å². The molecule has 0 bridgehead atoms. The second-order valence-electron chi connectivity index (χ2n) is 3.56. The Morgan fingerprint density at radius 3 is 2.47 bits per heavy atom. The summed E-state index contributed by atoms with van der Waals surface area (Å²) in [5, 5.41) is 8.08. The average Bonchev–Trinajstić information content (AvgIpc) is 3.00. The summed E-state index contributed by atoms with van der Waals surface area (Å²) in [5.74, 6) is 0. The van der Waals surface area contributed by atoms with E-state index in [9.17, 15) is 0 Å². The van der Waals surface area contributed by atoms with Gasteiger partial charge in [0.05, 0.1) is 5.69 Å². The normalized spacial score (nSPS) is 10.6. The molecular formula is C13H8ClNS2. The minimum Gasteiger partial charge on any atom is -0.236 e. The van der Waals surface area contributed by atoms with Crippen LogP contribution in [0.1, 0.15) is 0 Å². The molecule has 0 fully saturated rings. The van der Waals surface area contributed by atoms with Gasteiger partial charge in [0, 0.05) is 26.9 Å². The van der Waals surface area contributed by atoms with E-state index < -0.39 is 0 Å². The van der Waals surface area contributed by atoms with Gasteiger partial charge in [0.25, 0.3) is 0 Å². The number of benzene rings is 1. The zero-order chi connectivity index (χ0) is 11.7. The Labute approximate surface area is 112 Å². The van der Waals surface area contributed by atoms with Gasteiger partial charge in [-0.1, -0.05) is 23.7 Å². The van der Waals surface area contributed by atoms with Gasteiger partial charge in [-0.05, 0) is 23.6 Å². The van der Waals surface area contributed by atoms with Crippen molar-refractivity contribution in [1.29, 1.82) is 0 Å². The monoisotopic (exact) mass is 277 g/mol. The number of nitrogens with zero attached hydrogens (tertiary/aromatic N) is 1. The van der Waals surface area contributed by atoms with E-state index in [4.69, 9.17) is 11.6 Å². The molecule has 3 rings (SSSR count). The van der Waals surface area contributed by atoms with Gasteiger partial charge in [-0.2, -0.15) is 11.3 Å². The Hall–Kier alpha value is -1.16. The van der Waals surface area contributed by atoms with E-state index >= 15 is 0 Å². The van der Waals surface area contributed by atoms with Crippen molar-refractivity contribution >= 4 is 34.3 Å². The molecule has 0 radical (unpaired) electrons. The summed E-state index contributed by atoms with van der Waals surface area (Å²) in [6.45, 7) is 0. The Balaban J connectivity index is 1.98. The fourth-order valence-electron chi connectivity index (χ4n) is 1.55. The molecule has 3 aromatic rings. The van der Waals surface area contributed by atoms with Crippen molar-refractivity contribution in [2.24, 2.45) is 0 Å². The summed E-state index contributed by atoms with van der Waals surface area (Å²) in [4.78, 5) is 4.63. The van der Waals surface area contributed by atoms with Gasteiger partial charge in [-0.25, -0.2) is 4.98 Å². The third kappa shape index (κ3) is 2.27. The molecule has 0 spiro atoms. The minimum absolute atomic E-state index is 0.752. The lowest BCUT2D eigenvalue weighted by Gasteiger charge is -1.95. The third-order valence-electron chi connectivity index (χ3n) is 2.41. The maximum absolute atomic E-state index is 5.87. The molecule has 17 heavy (non-hydrogen) atoms. The minimum atomic E-state index is 0.752. The number of hydrogen-bond acceptors (Lipinski definition) is 3. The first-order valence-corrected chi connectivity index (χ1v) is 7.27. The second kappa shape index (κ2) is 4.61. The Bertz CT molecular complexity index is 611. The number of thiazole rings is 1. The average molecular weight is 278 g/mol. The van der Waals surface area contributed by atoms with Crippen LogP contribution in [0.2, 0.25) is 5.02 Å². The van der Waals surface area contributed by atoms with E-state index in [1.165, 1.54) is 5.56 Å². The largest absolute Gasteiger partial charge is 0.236 e. The first kappa shape index (κ1) is 11.0. The van der Waals surface area contributed by atoms with Gasteiger partial charge < -0.3 is 0 Å². The molecule has 2 heterocycles. The molecule has 4 heteroatoms. The van der Waals surface area contributed by atoms with Crippen molar-refractivity contribution in [3.8, 4) is 21.8 Å². The molecular weight excluding hydrogens is 270 g/mol. The smallest absolute Gasteiger partial charge is 0.124 e. The highest BCUT2D eigenvalue weighted by Gasteiger charge is 2.06. The molecule has 0 atom stereocenters. The van der Waals surface area contributed by atoms with E-state index in [1.54, 1.807) is 22.7 Å². The van der Waals surface area contributed by atoms with Crippen molar-refractivity contribution in [1.82, 2.24) is 4.98 Å². The third-order valence-corrected chi connectivity index (χ3v) is 4.24. The zero-order valence-electron chi connectivity index (χ0n) is 8.76. The standard InChI is InChI=1S/C13H8ClNS2/c14-11-3-1-9(2-4-11)12-8-17-13(15-12)10-5-6-16-7-10/h1-8H. The SMILES string of the molecule is Clc1ccc(-c2csc(-c3ccsc3)n2)cc1. The Morgan fingerprint density at radius 1 is 0.941 bits per heavy atom. The number of rotatable bonds is 2. The topological polar surface area (TPSA) is 12.9 Å². The molecule has 0 aliphatic carbocycles. The zero-order valence-corrected chi connectivity index (χ0v) is 11.1. The van der Waals surface area contributed by atoms with Crippen LogP contribution in [-0.4, -0.2) is 4.98 Å². The molecule has 0 amide bonds. The van der Waals surface area contributed by atoms with E-state index in [0.717, 1.165) is 21.3 Å². The van der Waals surface area contributed by atoms with Crippen molar-refractivity contribution < 1.29 is 0 Å². The van der Waals surface area contributed by atoms with Crippen LogP contribution in [0.3, 0.4) is 0 Å². The van der Waals surface area contributed by atoms with Crippen LogP contribution in [0.25, 0.3) is 21.8 Å². The number of halogens is 1. The van der Waals surface area contributed by atoms with E-state index in [2.05, 4.69) is 27.2 Å². The summed E-state index contributed by atoms with van der Waals surface area (Å²) in [7, 11) is 0. The highest BCUT2D eigenvalue weighted by Crippen LogP contribution is 2.30. The van der Waals surface area contributed by atoms with Gasteiger partial charge in [-0.15, -0.1) is 11.3 Å². The van der Waals surface area contributed by atoms with Crippen LogP contribution >= 0.6 is 34.3 Å². The maximum Gasteiger partial charge on any atom is 0.124 e. The predicted molar refractivity (Wildman–Crippen MR) is 75.9 cm³/mol. The van der Waals surface area contributed by atoms with E-state index in [-0.39, 0.29) is 0 Å². The molecule has 0 aliphatic rings. The van der Waals surface area contributed by atoms with Crippen molar-refractivity contribution in [3.05, 3.63) is 51.5 Å². The summed E-state index contributed by atoms with van der Waals surface area (Å²) >= 11 is 9.23. The van der Waals surface area contributed by atoms with Crippen molar-refractivity contribution in [2.45, 2.75) is 0 Å². The van der Waals surface area contributed by atoms with Gasteiger partial charge >= 0.3 is 0 Å².